The smallest absolute Gasteiger partial charge is 0.135 e. The van der Waals surface area contributed by atoms with Gasteiger partial charge in [-0.2, -0.15) is 0 Å². The molecule has 0 bridgehead atoms. The van der Waals surface area contributed by atoms with Gasteiger partial charge in [-0.15, -0.1) is 0 Å². The highest BCUT2D eigenvalue weighted by Crippen LogP contribution is 2.57. The van der Waals surface area contributed by atoms with Crippen molar-refractivity contribution < 1.29 is 4.74 Å². The van der Waals surface area contributed by atoms with Crippen LogP contribution in [0.2, 0.25) is 0 Å². The van der Waals surface area contributed by atoms with Gasteiger partial charge >= 0.3 is 0 Å². The summed E-state index contributed by atoms with van der Waals surface area (Å²) in [6, 6.07) is 22.5. The number of hydrogen-bond donors (Lipinski definition) is 0. The maximum absolute atomic E-state index is 6.71. The lowest BCUT2D eigenvalue weighted by Gasteiger charge is -2.43. The number of anilines is 2. The van der Waals surface area contributed by atoms with Crippen LogP contribution in [0.5, 0.6) is 11.5 Å². The third kappa shape index (κ3) is 3.15. The Morgan fingerprint density at radius 2 is 1.24 bits per heavy atom. The van der Waals surface area contributed by atoms with E-state index in [4.69, 9.17) is 4.74 Å². The molecule has 3 aromatic rings. The predicted molar refractivity (Wildman–Crippen MR) is 138 cm³/mol. The number of hydrogen-bond acceptors (Lipinski definition) is 4. The van der Waals surface area contributed by atoms with Crippen molar-refractivity contribution in [1.82, 2.24) is 4.90 Å². The molecule has 2 aliphatic rings. The van der Waals surface area contributed by atoms with E-state index in [0.29, 0.717) is 0 Å². The van der Waals surface area contributed by atoms with E-state index in [1.54, 1.807) is 0 Å². The molecule has 2 aliphatic heterocycles. The molecule has 4 heteroatoms. The topological polar surface area (TPSA) is 19.0 Å². The minimum absolute atomic E-state index is 0.344. The lowest BCUT2D eigenvalue weighted by molar-refractivity contribution is 0.204. The summed E-state index contributed by atoms with van der Waals surface area (Å²) in [4.78, 5) is 7.25. The highest BCUT2D eigenvalue weighted by Gasteiger charge is 2.51. The Kier molecular flexibility index (Phi) is 5.57. The zero-order valence-corrected chi connectivity index (χ0v) is 20.6. The Morgan fingerprint density at radius 3 is 1.76 bits per heavy atom. The average molecular weight is 442 g/mol. The molecule has 0 atom stereocenters. The molecule has 33 heavy (non-hydrogen) atoms. The van der Waals surface area contributed by atoms with Gasteiger partial charge < -0.3 is 14.5 Å². The van der Waals surface area contributed by atoms with E-state index < -0.39 is 0 Å². The third-order valence-electron chi connectivity index (χ3n) is 7.57. The van der Waals surface area contributed by atoms with Crippen molar-refractivity contribution in [3.05, 3.63) is 82.9 Å². The van der Waals surface area contributed by atoms with Crippen LogP contribution in [0.25, 0.3) is 0 Å². The van der Waals surface area contributed by atoms with E-state index in [-0.39, 0.29) is 5.54 Å². The van der Waals surface area contributed by atoms with Crippen molar-refractivity contribution in [3.8, 4) is 11.5 Å². The van der Waals surface area contributed by atoms with Gasteiger partial charge in [-0.05, 0) is 58.0 Å². The van der Waals surface area contributed by atoms with Crippen molar-refractivity contribution in [3.63, 3.8) is 0 Å². The molecule has 4 nitrogen and oxygen atoms in total. The van der Waals surface area contributed by atoms with Crippen molar-refractivity contribution in [1.29, 1.82) is 0 Å². The maximum atomic E-state index is 6.71. The van der Waals surface area contributed by atoms with Gasteiger partial charge in [-0.3, -0.25) is 4.90 Å². The SMILES string of the molecule is CCN(CC)c1ccc2c(c1)Oc1cc(N(CC)CC)ccc1C21c2ccccc2CN1C. The number of fused-ring (bicyclic) bond motifs is 6. The molecule has 172 valence electrons. The first-order valence-electron chi connectivity index (χ1n) is 12.3. The van der Waals surface area contributed by atoms with Gasteiger partial charge in [0.15, 0.2) is 0 Å². The van der Waals surface area contributed by atoms with Gasteiger partial charge in [0.25, 0.3) is 0 Å². The van der Waals surface area contributed by atoms with Crippen molar-refractivity contribution >= 4 is 11.4 Å². The minimum Gasteiger partial charge on any atom is -0.456 e. The minimum atomic E-state index is -0.344. The highest BCUT2D eigenvalue weighted by atomic mass is 16.5. The fourth-order valence-corrected chi connectivity index (χ4v) is 5.92. The molecule has 3 aromatic carbocycles. The second kappa shape index (κ2) is 8.42. The van der Waals surface area contributed by atoms with Crippen molar-refractivity contribution in [2.75, 3.05) is 43.0 Å². The van der Waals surface area contributed by atoms with Gasteiger partial charge in [-0.25, -0.2) is 0 Å². The van der Waals surface area contributed by atoms with Crippen LogP contribution in [0.4, 0.5) is 11.4 Å². The number of rotatable bonds is 6. The second-order valence-corrected chi connectivity index (χ2v) is 9.03. The van der Waals surface area contributed by atoms with Crippen LogP contribution in [-0.4, -0.2) is 38.1 Å². The summed E-state index contributed by atoms with van der Waals surface area (Å²) in [7, 11) is 2.25. The maximum Gasteiger partial charge on any atom is 0.135 e. The number of nitrogens with zero attached hydrogens (tertiary/aromatic N) is 3. The first-order valence-corrected chi connectivity index (χ1v) is 12.3. The molecule has 0 unspecified atom stereocenters. The lowest BCUT2D eigenvalue weighted by atomic mass is 9.75. The van der Waals surface area contributed by atoms with Crippen LogP contribution in [0, 0.1) is 0 Å². The molecule has 0 amide bonds. The Balaban J connectivity index is 1.77. The molecule has 0 aliphatic carbocycles. The summed E-state index contributed by atoms with van der Waals surface area (Å²) in [6.45, 7) is 13.7. The van der Waals surface area contributed by atoms with Crippen molar-refractivity contribution in [2.24, 2.45) is 0 Å². The average Bonchev–Trinajstić information content (AvgIpc) is 3.13. The molecule has 0 N–H and O–H groups in total. The summed E-state index contributed by atoms with van der Waals surface area (Å²) in [5.41, 5.74) is 7.30. The van der Waals surface area contributed by atoms with Crippen LogP contribution in [0.1, 0.15) is 49.9 Å². The molecule has 0 aromatic heterocycles. The Morgan fingerprint density at radius 1 is 0.727 bits per heavy atom. The van der Waals surface area contributed by atoms with E-state index >= 15 is 0 Å². The summed E-state index contributed by atoms with van der Waals surface area (Å²) < 4.78 is 6.71. The van der Waals surface area contributed by atoms with E-state index in [2.05, 4.69) is 110 Å². The molecule has 0 saturated heterocycles. The molecule has 2 heterocycles. The fraction of sp³-hybridized carbons (Fsp3) is 0.379. The Bertz CT molecular complexity index is 1100. The molecular weight excluding hydrogens is 406 g/mol. The molecule has 0 saturated carbocycles. The zero-order chi connectivity index (χ0) is 23.2. The third-order valence-corrected chi connectivity index (χ3v) is 7.57. The summed E-state index contributed by atoms with van der Waals surface area (Å²) >= 11 is 0. The normalized spacial score (nSPS) is 15.5. The van der Waals surface area contributed by atoms with Crippen LogP contribution >= 0.6 is 0 Å². The largest absolute Gasteiger partial charge is 0.456 e. The number of benzene rings is 3. The Hall–Kier alpha value is -2.98. The fourth-order valence-electron chi connectivity index (χ4n) is 5.92. The van der Waals surface area contributed by atoms with Crippen LogP contribution < -0.4 is 14.5 Å². The Labute approximate surface area is 198 Å². The van der Waals surface area contributed by atoms with Crippen LogP contribution in [0.3, 0.4) is 0 Å². The van der Waals surface area contributed by atoms with Gasteiger partial charge in [0.1, 0.15) is 17.0 Å². The standard InChI is InChI=1S/C29H35N3O/c1-6-31(7-2)22-14-16-25-27(18-22)33-28-19-23(32(8-3)9-4)15-17-26(28)29(25)24-13-11-10-12-21(24)20-30(29)5/h10-19H,6-9,20H2,1-5H3. The zero-order valence-electron chi connectivity index (χ0n) is 20.6. The number of ether oxygens (including phenoxy) is 1. The van der Waals surface area contributed by atoms with E-state index in [1.165, 1.54) is 33.6 Å². The van der Waals surface area contributed by atoms with Gasteiger partial charge in [-0.1, -0.05) is 36.4 Å². The lowest BCUT2D eigenvalue weighted by Crippen LogP contribution is -2.43. The highest BCUT2D eigenvalue weighted by molar-refractivity contribution is 5.70. The summed E-state index contributed by atoms with van der Waals surface area (Å²) in [6.07, 6.45) is 0. The van der Waals surface area contributed by atoms with Gasteiger partial charge in [0.05, 0.1) is 0 Å². The summed E-state index contributed by atoms with van der Waals surface area (Å²) in [5.74, 6) is 1.93. The van der Waals surface area contributed by atoms with Gasteiger partial charge in [0.2, 0.25) is 0 Å². The first-order chi connectivity index (χ1) is 16.1. The summed E-state index contributed by atoms with van der Waals surface area (Å²) in [5, 5.41) is 0. The molecule has 5 rings (SSSR count). The monoisotopic (exact) mass is 441 g/mol. The van der Waals surface area contributed by atoms with E-state index in [9.17, 15) is 0 Å². The first kappa shape index (κ1) is 21.8. The quantitative estimate of drug-likeness (QED) is 0.452. The van der Waals surface area contributed by atoms with Crippen LogP contribution in [-0.2, 0) is 12.1 Å². The predicted octanol–water partition coefficient (Wildman–Crippen LogP) is 6.22. The van der Waals surface area contributed by atoms with Gasteiger partial charge in [0, 0.05) is 67.4 Å². The van der Waals surface area contributed by atoms with E-state index in [1.807, 2.05) is 0 Å². The molecule has 0 radical (unpaired) electrons. The van der Waals surface area contributed by atoms with Crippen LogP contribution in [0.15, 0.2) is 60.7 Å². The van der Waals surface area contributed by atoms with Crippen molar-refractivity contribution in [2.45, 2.75) is 39.8 Å². The van der Waals surface area contributed by atoms with E-state index in [0.717, 1.165) is 44.2 Å². The molecule has 0 fully saturated rings. The molecular formula is C29H35N3O. The second-order valence-electron chi connectivity index (χ2n) is 9.03. The molecule has 1 spiro atoms.